The van der Waals surface area contributed by atoms with Gasteiger partial charge in [-0.1, -0.05) is 6.07 Å². The van der Waals surface area contributed by atoms with Crippen LogP contribution in [0, 0.1) is 12.7 Å². The molecule has 9 heteroatoms. The van der Waals surface area contributed by atoms with Gasteiger partial charge in [0.05, 0.1) is 7.11 Å². The maximum Gasteiger partial charge on any atom is 0.411 e. The van der Waals surface area contributed by atoms with E-state index in [-0.39, 0.29) is 16.7 Å². The SMILES string of the molecule is COc1ccc(C)cc1S(=O)(=O)N[C@H]1CCC[C@@H](OC(=O)Nc2ccc(F)cc2)C1. The minimum atomic E-state index is -3.80. The van der Waals surface area contributed by atoms with E-state index in [0.29, 0.717) is 31.4 Å². The molecule has 2 aromatic carbocycles. The summed E-state index contributed by atoms with van der Waals surface area (Å²) in [6.07, 6.45) is 1.29. The van der Waals surface area contributed by atoms with E-state index in [1.54, 1.807) is 18.2 Å². The summed E-state index contributed by atoms with van der Waals surface area (Å²) in [5.41, 5.74) is 1.22. The molecule has 30 heavy (non-hydrogen) atoms. The van der Waals surface area contributed by atoms with Crippen molar-refractivity contribution in [2.24, 2.45) is 0 Å². The fourth-order valence-corrected chi connectivity index (χ4v) is 5.00. The van der Waals surface area contributed by atoms with Gasteiger partial charge in [-0.3, -0.25) is 5.32 Å². The van der Waals surface area contributed by atoms with E-state index in [0.717, 1.165) is 5.56 Å². The molecule has 0 unspecified atom stereocenters. The van der Waals surface area contributed by atoms with Crippen LogP contribution in [0.4, 0.5) is 14.9 Å². The molecule has 7 nitrogen and oxygen atoms in total. The van der Waals surface area contributed by atoms with Gasteiger partial charge >= 0.3 is 6.09 Å². The van der Waals surface area contributed by atoms with Crippen LogP contribution in [-0.4, -0.2) is 33.8 Å². The second-order valence-corrected chi connectivity index (χ2v) is 8.98. The molecule has 1 amide bonds. The number of hydrogen-bond donors (Lipinski definition) is 2. The Kier molecular flexibility index (Phi) is 6.94. The van der Waals surface area contributed by atoms with Crippen LogP contribution in [-0.2, 0) is 14.8 Å². The highest BCUT2D eigenvalue weighted by Crippen LogP contribution is 2.27. The molecule has 0 saturated heterocycles. The topological polar surface area (TPSA) is 93.7 Å². The number of nitrogens with one attached hydrogen (secondary N) is 2. The summed E-state index contributed by atoms with van der Waals surface area (Å²) >= 11 is 0. The quantitative estimate of drug-likeness (QED) is 0.714. The van der Waals surface area contributed by atoms with Crippen molar-refractivity contribution < 1.29 is 27.1 Å². The Hall–Kier alpha value is -2.65. The second-order valence-electron chi connectivity index (χ2n) is 7.30. The average molecular weight is 437 g/mol. The largest absolute Gasteiger partial charge is 0.495 e. The molecule has 0 aromatic heterocycles. The number of aryl methyl sites for hydroxylation is 1. The van der Waals surface area contributed by atoms with E-state index in [2.05, 4.69) is 10.0 Å². The van der Waals surface area contributed by atoms with Crippen LogP contribution in [0.25, 0.3) is 0 Å². The number of anilines is 1. The third-order valence-corrected chi connectivity index (χ3v) is 6.46. The van der Waals surface area contributed by atoms with Crippen molar-refractivity contribution in [3.05, 3.63) is 53.8 Å². The van der Waals surface area contributed by atoms with Crippen molar-refractivity contribution in [1.82, 2.24) is 4.72 Å². The number of amides is 1. The summed E-state index contributed by atoms with van der Waals surface area (Å²) in [6.45, 7) is 1.81. The van der Waals surface area contributed by atoms with Gasteiger partial charge in [0.25, 0.3) is 0 Å². The number of halogens is 1. The predicted molar refractivity (Wildman–Crippen MR) is 111 cm³/mol. The molecule has 162 valence electrons. The number of ether oxygens (including phenoxy) is 2. The molecule has 2 atom stereocenters. The summed E-state index contributed by atoms with van der Waals surface area (Å²) < 4.78 is 52.1. The Morgan fingerprint density at radius 1 is 1.13 bits per heavy atom. The van der Waals surface area contributed by atoms with Crippen LogP contribution in [0.1, 0.15) is 31.2 Å². The van der Waals surface area contributed by atoms with E-state index >= 15 is 0 Å². The Bertz CT molecular complexity index is 995. The number of rotatable bonds is 6. The van der Waals surface area contributed by atoms with Gasteiger partial charge in [-0.15, -0.1) is 0 Å². The molecular formula is C21H25FN2O5S. The van der Waals surface area contributed by atoms with E-state index in [4.69, 9.17) is 9.47 Å². The first-order chi connectivity index (χ1) is 14.3. The maximum absolute atomic E-state index is 13.0. The number of methoxy groups -OCH3 is 1. The van der Waals surface area contributed by atoms with E-state index in [1.807, 2.05) is 6.92 Å². The molecule has 0 heterocycles. The zero-order valence-corrected chi connectivity index (χ0v) is 17.7. The van der Waals surface area contributed by atoms with Crippen LogP contribution in [0.5, 0.6) is 5.75 Å². The fraction of sp³-hybridized carbons (Fsp3) is 0.381. The lowest BCUT2D eigenvalue weighted by Crippen LogP contribution is -2.41. The van der Waals surface area contributed by atoms with Crippen molar-refractivity contribution >= 4 is 21.8 Å². The molecule has 0 radical (unpaired) electrons. The van der Waals surface area contributed by atoms with Gasteiger partial charge < -0.3 is 9.47 Å². The first-order valence-corrected chi connectivity index (χ1v) is 11.2. The highest BCUT2D eigenvalue weighted by molar-refractivity contribution is 7.89. The molecule has 1 saturated carbocycles. The summed E-state index contributed by atoms with van der Waals surface area (Å²) in [6, 6.07) is 9.94. The molecule has 0 spiro atoms. The minimum Gasteiger partial charge on any atom is -0.495 e. The Labute approximate surface area is 175 Å². The van der Waals surface area contributed by atoms with Gasteiger partial charge in [0.15, 0.2) is 0 Å². The third-order valence-electron chi connectivity index (χ3n) is 4.92. The summed E-state index contributed by atoms with van der Waals surface area (Å²) in [5.74, 6) is -0.128. The molecule has 3 rings (SSSR count). The van der Waals surface area contributed by atoms with Crippen LogP contribution in [0.3, 0.4) is 0 Å². The summed E-state index contributed by atoms with van der Waals surface area (Å²) in [4.78, 5) is 12.2. The van der Waals surface area contributed by atoms with Crippen molar-refractivity contribution in [3.63, 3.8) is 0 Å². The minimum absolute atomic E-state index is 0.0853. The molecular weight excluding hydrogens is 411 g/mol. The highest BCUT2D eigenvalue weighted by Gasteiger charge is 2.30. The molecule has 0 bridgehead atoms. The van der Waals surface area contributed by atoms with Gasteiger partial charge in [-0.2, -0.15) is 0 Å². The molecule has 1 aliphatic carbocycles. The summed E-state index contributed by atoms with van der Waals surface area (Å²) in [7, 11) is -2.37. The van der Waals surface area contributed by atoms with E-state index in [1.165, 1.54) is 31.4 Å². The first-order valence-electron chi connectivity index (χ1n) is 9.67. The highest BCUT2D eigenvalue weighted by atomic mass is 32.2. The zero-order chi connectivity index (χ0) is 21.7. The number of carbonyl (C=O) groups is 1. The van der Waals surface area contributed by atoms with Crippen LogP contribution in [0.2, 0.25) is 0 Å². The third kappa shape index (κ3) is 5.70. The average Bonchev–Trinajstić information content (AvgIpc) is 2.69. The van der Waals surface area contributed by atoms with Crippen molar-refractivity contribution in [2.75, 3.05) is 12.4 Å². The standard InChI is InChI=1S/C21H25FN2O5S/c1-14-6-11-19(28-2)20(12-14)30(26,27)24-17-4-3-5-18(13-17)29-21(25)23-16-9-7-15(22)8-10-16/h6-12,17-18,24H,3-5,13H2,1-2H3,(H,23,25)/t17-,18+/m0/s1. The molecule has 2 aromatic rings. The van der Waals surface area contributed by atoms with Crippen molar-refractivity contribution in [1.29, 1.82) is 0 Å². The van der Waals surface area contributed by atoms with Crippen molar-refractivity contribution in [3.8, 4) is 5.75 Å². The molecule has 0 aliphatic heterocycles. The van der Waals surface area contributed by atoms with Crippen LogP contribution in [0.15, 0.2) is 47.4 Å². The fourth-order valence-electron chi connectivity index (χ4n) is 3.47. The first kappa shape index (κ1) is 22.0. The lowest BCUT2D eigenvalue weighted by molar-refractivity contribution is 0.0793. The number of sulfonamides is 1. The lowest BCUT2D eigenvalue weighted by Gasteiger charge is -2.29. The smallest absolute Gasteiger partial charge is 0.411 e. The maximum atomic E-state index is 13.0. The Balaban J connectivity index is 1.61. The predicted octanol–water partition coefficient (Wildman–Crippen LogP) is 3.98. The zero-order valence-electron chi connectivity index (χ0n) is 16.9. The van der Waals surface area contributed by atoms with Gasteiger partial charge in [-0.05, 0) is 68.1 Å². The Morgan fingerprint density at radius 3 is 2.57 bits per heavy atom. The molecule has 1 aliphatic rings. The van der Waals surface area contributed by atoms with Crippen LogP contribution >= 0.6 is 0 Å². The van der Waals surface area contributed by atoms with Gasteiger partial charge in [0.2, 0.25) is 10.0 Å². The van der Waals surface area contributed by atoms with Gasteiger partial charge in [0.1, 0.15) is 22.6 Å². The lowest BCUT2D eigenvalue weighted by atomic mass is 9.94. The van der Waals surface area contributed by atoms with Crippen LogP contribution < -0.4 is 14.8 Å². The van der Waals surface area contributed by atoms with Crippen molar-refractivity contribution in [2.45, 2.75) is 49.6 Å². The number of benzene rings is 2. The Morgan fingerprint density at radius 2 is 1.87 bits per heavy atom. The normalized spacial score (nSPS) is 19.2. The number of carbonyl (C=O) groups excluding carboxylic acids is 1. The van der Waals surface area contributed by atoms with E-state index in [9.17, 15) is 17.6 Å². The summed E-state index contributed by atoms with van der Waals surface area (Å²) in [5, 5.41) is 2.54. The monoisotopic (exact) mass is 436 g/mol. The molecule has 1 fully saturated rings. The second kappa shape index (κ2) is 9.44. The van der Waals surface area contributed by atoms with Gasteiger partial charge in [0, 0.05) is 18.2 Å². The molecule has 2 N–H and O–H groups in total. The van der Waals surface area contributed by atoms with Gasteiger partial charge in [-0.25, -0.2) is 22.3 Å². The van der Waals surface area contributed by atoms with E-state index < -0.39 is 28.0 Å². The number of hydrogen-bond acceptors (Lipinski definition) is 5.